The van der Waals surface area contributed by atoms with Crippen LogP contribution in [0.15, 0.2) is 42.5 Å². The largest absolute Gasteiger partial charge is 0.573 e. The van der Waals surface area contributed by atoms with Crippen molar-refractivity contribution in [1.29, 1.82) is 0 Å². The summed E-state index contributed by atoms with van der Waals surface area (Å²) in [6, 6.07) is 10.7. The Bertz CT molecular complexity index is 855. The number of halogens is 3. The molecule has 27 heavy (non-hydrogen) atoms. The molecule has 0 aromatic heterocycles. The Morgan fingerprint density at radius 1 is 1.04 bits per heavy atom. The summed E-state index contributed by atoms with van der Waals surface area (Å²) < 4.78 is 40.5. The maximum atomic E-state index is 12.7. The van der Waals surface area contributed by atoms with Crippen LogP contribution >= 0.6 is 0 Å². The molecule has 7 heteroatoms. The fourth-order valence-electron chi connectivity index (χ4n) is 3.39. The molecule has 1 aliphatic heterocycles. The molecule has 1 heterocycles. The molecular weight excluding hydrogens is 359 g/mol. The first-order valence-electron chi connectivity index (χ1n) is 8.42. The number of benzene rings is 2. The molecule has 0 spiro atoms. The van der Waals surface area contributed by atoms with E-state index in [4.69, 9.17) is 0 Å². The van der Waals surface area contributed by atoms with Crippen LogP contribution in [-0.4, -0.2) is 18.2 Å². The third kappa shape index (κ3) is 4.48. The van der Waals surface area contributed by atoms with Crippen LogP contribution in [0.1, 0.15) is 23.1 Å². The molecule has 0 bridgehead atoms. The Morgan fingerprint density at radius 2 is 1.63 bits per heavy atom. The third-order valence-electron chi connectivity index (χ3n) is 4.33. The minimum absolute atomic E-state index is 0.0760. The maximum Gasteiger partial charge on any atom is 0.573 e. The van der Waals surface area contributed by atoms with Crippen molar-refractivity contribution in [1.82, 2.24) is 0 Å². The summed E-state index contributed by atoms with van der Waals surface area (Å²) >= 11 is 0. The van der Waals surface area contributed by atoms with Crippen LogP contribution < -0.4 is 9.64 Å². The van der Waals surface area contributed by atoms with Gasteiger partial charge in [-0.2, -0.15) is 0 Å². The normalized spacial score (nSPS) is 17.5. The van der Waals surface area contributed by atoms with Crippen molar-refractivity contribution in [3.63, 3.8) is 0 Å². The van der Waals surface area contributed by atoms with E-state index >= 15 is 0 Å². The number of aryl methyl sites for hydroxylation is 2. The van der Waals surface area contributed by atoms with E-state index in [1.165, 1.54) is 12.1 Å². The second-order valence-corrected chi connectivity index (χ2v) is 6.71. The van der Waals surface area contributed by atoms with Crippen LogP contribution in [0.25, 0.3) is 0 Å². The second kappa shape index (κ2) is 7.06. The molecule has 0 radical (unpaired) electrons. The van der Waals surface area contributed by atoms with Gasteiger partial charge in [-0.05, 0) is 50.1 Å². The molecule has 1 aliphatic rings. The Hall–Kier alpha value is -2.83. The minimum atomic E-state index is -4.79. The number of imide groups is 1. The molecule has 1 unspecified atom stereocenters. The molecule has 3 rings (SSSR count). The summed E-state index contributed by atoms with van der Waals surface area (Å²) in [5.41, 5.74) is 3.38. The number of nitrogens with zero attached hydrogens (tertiary/aromatic N) is 1. The Labute approximate surface area is 154 Å². The fourth-order valence-corrected chi connectivity index (χ4v) is 3.39. The molecule has 2 aromatic rings. The van der Waals surface area contributed by atoms with Crippen molar-refractivity contribution in [2.75, 3.05) is 4.90 Å². The summed E-state index contributed by atoms with van der Waals surface area (Å²) in [7, 11) is 0. The van der Waals surface area contributed by atoms with Gasteiger partial charge in [0.1, 0.15) is 5.75 Å². The average molecular weight is 377 g/mol. The highest BCUT2D eigenvalue weighted by Gasteiger charge is 2.39. The Morgan fingerprint density at radius 3 is 2.19 bits per heavy atom. The van der Waals surface area contributed by atoms with E-state index in [1.807, 2.05) is 32.0 Å². The highest BCUT2D eigenvalue weighted by molar-refractivity contribution is 6.21. The molecule has 2 aromatic carbocycles. The molecule has 1 atom stereocenters. The van der Waals surface area contributed by atoms with Gasteiger partial charge in [-0.1, -0.05) is 29.3 Å². The maximum absolute atomic E-state index is 12.7. The summed E-state index contributed by atoms with van der Waals surface area (Å²) in [6.07, 6.45) is -4.27. The number of amides is 2. The summed E-state index contributed by atoms with van der Waals surface area (Å²) in [5.74, 6) is -1.59. The van der Waals surface area contributed by atoms with Crippen LogP contribution in [0.4, 0.5) is 18.9 Å². The number of rotatable bonds is 4. The minimum Gasteiger partial charge on any atom is -0.406 e. The van der Waals surface area contributed by atoms with E-state index in [2.05, 4.69) is 4.74 Å². The van der Waals surface area contributed by atoms with E-state index in [0.717, 1.165) is 33.7 Å². The van der Waals surface area contributed by atoms with E-state index in [-0.39, 0.29) is 23.9 Å². The zero-order chi connectivity index (χ0) is 19.8. The van der Waals surface area contributed by atoms with Gasteiger partial charge in [0.25, 0.3) is 0 Å². The lowest BCUT2D eigenvalue weighted by Gasteiger charge is -2.16. The van der Waals surface area contributed by atoms with Crippen molar-refractivity contribution in [2.24, 2.45) is 5.92 Å². The molecule has 142 valence electrons. The monoisotopic (exact) mass is 377 g/mol. The molecule has 0 N–H and O–H groups in total. The van der Waals surface area contributed by atoms with Gasteiger partial charge in [-0.25, -0.2) is 0 Å². The summed E-state index contributed by atoms with van der Waals surface area (Å²) in [6.45, 7) is 3.93. The molecular formula is C20H18F3NO3. The van der Waals surface area contributed by atoms with Gasteiger partial charge < -0.3 is 4.74 Å². The van der Waals surface area contributed by atoms with Gasteiger partial charge in [-0.15, -0.1) is 13.2 Å². The van der Waals surface area contributed by atoms with Gasteiger partial charge in [-0.3, -0.25) is 14.5 Å². The van der Waals surface area contributed by atoms with Gasteiger partial charge >= 0.3 is 6.36 Å². The van der Waals surface area contributed by atoms with E-state index < -0.39 is 18.0 Å². The molecule has 1 saturated heterocycles. The molecule has 4 nitrogen and oxygen atoms in total. The second-order valence-electron chi connectivity index (χ2n) is 6.71. The van der Waals surface area contributed by atoms with Gasteiger partial charge in [0.05, 0.1) is 11.6 Å². The van der Waals surface area contributed by atoms with Crippen molar-refractivity contribution in [3.8, 4) is 5.75 Å². The van der Waals surface area contributed by atoms with Crippen molar-refractivity contribution in [3.05, 3.63) is 59.2 Å². The smallest absolute Gasteiger partial charge is 0.406 e. The van der Waals surface area contributed by atoms with E-state index in [1.54, 1.807) is 0 Å². The van der Waals surface area contributed by atoms with Crippen molar-refractivity contribution in [2.45, 2.75) is 33.1 Å². The van der Waals surface area contributed by atoms with Crippen LogP contribution in [0.3, 0.4) is 0 Å². The highest BCUT2D eigenvalue weighted by atomic mass is 19.4. The molecule has 0 aliphatic carbocycles. The molecule has 1 fully saturated rings. The number of hydrogen-bond donors (Lipinski definition) is 0. The number of hydrogen-bond acceptors (Lipinski definition) is 3. The zero-order valence-corrected chi connectivity index (χ0v) is 14.8. The number of carbonyl (C=O) groups excluding carboxylic acids is 2. The van der Waals surface area contributed by atoms with Crippen LogP contribution in [0, 0.1) is 19.8 Å². The van der Waals surface area contributed by atoms with Crippen LogP contribution in [0.2, 0.25) is 0 Å². The predicted molar refractivity (Wildman–Crippen MR) is 93.3 cm³/mol. The van der Waals surface area contributed by atoms with Crippen LogP contribution in [0.5, 0.6) is 5.75 Å². The van der Waals surface area contributed by atoms with Crippen LogP contribution in [-0.2, 0) is 16.0 Å². The lowest BCUT2D eigenvalue weighted by atomic mass is 9.95. The predicted octanol–water partition coefficient (Wildman–Crippen LogP) is 4.32. The first-order chi connectivity index (χ1) is 12.6. The number of carbonyl (C=O) groups is 2. The number of alkyl halides is 3. The van der Waals surface area contributed by atoms with E-state index in [0.29, 0.717) is 6.42 Å². The zero-order valence-electron chi connectivity index (χ0n) is 14.8. The first kappa shape index (κ1) is 18.9. The van der Waals surface area contributed by atoms with Gasteiger partial charge in [0.2, 0.25) is 11.8 Å². The first-order valence-corrected chi connectivity index (χ1v) is 8.42. The summed E-state index contributed by atoms with van der Waals surface area (Å²) in [4.78, 5) is 26.1. The Balaban J connectivity index is 1.76. The lowest BCUT2D eigenvalue weighted by Crippen LogP contribution is -2.30. The highest BCUT2D eigenvalue weighted by Crippen LogP contribution is 2.31. The van der Waals surface area contributed by atoms with Crippen molar-refractivity contribution >= 4 is 17.5 Å². The standard InChI is InChI=1S/C20H18F3NO3/c1-12-7-13(2)9-14(8-12)10-15-11-18(25)24(19(15)26)16-3-5-17(6-4-16)27-20(21,22)23/h3-9,15H,10-11H2,1-2H3. The quantitative estimate of drug-likeness (QED) is 0.746. The van der Waals surface area contributed by atoms with Gasteiger partial charge in [0.15, 0.2) is 0 Å². The van der Waals surface area contributed by atoms with Crippen molar-refractivity contribution < 1.29 is 27.5 Å². The fraction of sp³-hybridized carbons (Fsp3) is 0.300. The van der Waals surface area contributed by atoms with Gasteiger partial charge in [0, 0.05) is 6.42 Å². The Kier molecular flexibility index (Phi) is 4.95. The topological polar surface area (TPSA) is 46.6 Å². The number of anilines is 1. The average Bonchev–Trinajstić information content (AvgIpc) is 2.80. The molecule has 0 saturated carbocycles. The SMILES string of the molecule is Cc1cc(C)cc(CC2CC(=O)N(c3ccc(OC(F)(F)F)cc3)C2=O)c1. The van der Waals surface area contributed by atoms with E-state index in [9.17, 15) is 22.8 Å². The molecule has 2 amide bonds. The third-order valence-corrected chi connectivity index (χ3v) is 4.33. The number of ether oxygens (including phenoxy) is 1. The lowest BCUT2D eigenvalue weighted by molar-refractivity contribution is -0.274. The summed E-state index contributed by atoms with van der Waals surface area (Å²) in [5, 5.41) is 0.